The maximum Gasteiger partial charge on any atom is 0.489 e. The molecule has 0 unspecified atom stereocenters. The Labute approximate surface area is 71.1 Å². The summed E-state index contributed by atoms with van der Waals surface area (Å²) in [7, 11) is -4.28. The number of nitrogens with one attached hydrogen (secondary N) is 2. The van der Waals surface area contributed by atoms with E-state index in [1.54, 1.807) is 0 Å². The second kappa shape index (κ2) is 3.43. The van der Waals surface area contributed by atoms with Crippen LogP contribution in [0, 0.1) is 0 Å². The third-order valence-corrected chi connectivity index (χ3v) is 1.31. The first kappa shape index (κ1) is 11.4. The summed E-state index contributed by atoms with van der Waals surface area (Å²) >= 11 is 0. The summed E-state index contributed by atoms with van der Waals surface area (Å²) in [6, 6.07) is 0. The highest BCUT2D eigenvalue weighted by Crippen LogP contribution is 2.26. The van der Waals surface area contributed by atoms with Gasteiger partial charge in [0.1, 0.15) is 0 Å². The fraction of sp³-hybridized carbons (Fsp3) is 0.800. The molecule has 6 N–H and O–H groups in total. The Bertz CT molecular complexity index is 227. The first-order valence-corrected chi connectivity index (χ1v) is 4.96. The van der Waals surface area contributed by atoms with E-state index >= 15 is 0 Å². The number of guanidine groups is 1. The van der Waals surface area contributed by atoms with Gasteiger partial charge in [0.15, 0.2) is 0 Å². The van der Waals surface area contributed by atoms with Crippen molar-refractivity contribution in [2.24, 2.45) is 5.73 Å². The van der Waals surface area contributed by atoms with Gasteiger partial charge in [0, 0.05) is 0 Å². The molecule has 12 heavy (non-hydrogen) atoms. The molecule has 7 heteroatoms. The molecular formula is C5H15N3O3P+. The van der Waals surface area contributed by atoms with Gasteiger partial charge < -0.3 is 0 Å². The van der Waals surface area contributed by atoms with Gasteiger partial charge in [-0.05, 0) is 20.8 Å². The van der Waals surface area contributed by atoms with Crippen molar-refractivity contribution in [1.82, 2.24) is 5.09 Å². The van der Waals surface area contributed by atoms with Crippen molar-refractivity contribution in [2.75, 3.05) is 0 Å². The molecule has 0 heterocycles. The van der Waals surface area contributed by atoms with Crippen molar-refractivity contribution in [3.63, 3.8) is 0 Å². The third-order valence-electron chi connectivity index (χ3n) is 0.776. The molecule has 0 saturated carbocycles. The van der Waals surface area contributed by atoms with E-state index in [2.05, 4.69) is 4.99 Å². The second-order valence-electron chi connectivity index (χ2n) is 3.44. The molecule has 0 aliphatic rings. The molecule has 0 aliphatic carbocycles. The van der Waals surface area contributed by atoms with Crippen LogP contribution in [0.5, 0.6) is 0 Å². The third kappa shape index (κ3) is 7.53. The van der Waals surface area contributed by atoms with E-state index in [1.807, 2.05) is 25.9 Å². The highest BCUT2D eigenvalue weighted by molar-refractivity contribution is 7.50. The standard InChI is InChI=1S/C5H14N3O3P/c1-5(2,3)7-4(6)8-12(9,10)11/h1-3H3,(H5,6,7,8,9,10,11)/p+1. The molecular weight excluding hydrogens is 181 g/mol. The number of hydrogen-bond donors (Lipinski definition) is 5. The average Bonchev–Trinajstić information content (AvgIpc) is 1.49. The monoisotopic (exact) mass is 196 g/mol. The van der Waals surface area contributed by atoms with E-state index < -0.39 is 7.75 Å². The topological polar surface area (TPSA) is 110 Å². The smallest absolute Gasteiger partial charge is 0.296 e. The zero-order valence-electron chi connectivity index (χ0n) is 7.33. The molecule has 0 aromatic carbocycles. The van der Waals surface area contributed by atoms with Crippen LogP contribution < -0.4 is 15.8 Å². The van der Waals surface area contributed by atoms with Gasteiger partial charge in [-0.2, -0.15) is 5.09 Å². The first-order valence-electron chi connectivity index (χ1n) is 3.34. The Balaban J connectivity index is 4.33. The van der Waals surface area contributed by atoms with Crippen LogP contribution in [-0.2, 0) is 4.57 Å². The summed E-state index contributed by atoms with van der Waals surface area (Å²) in [5.41, 5.74) is 4.92. The van der Waals surface area contributed by atoms with E-state index in [4.69, 9.17) is 15.5 Å². The van der Waals surface area contributed by atoms with Crippen molar-refractivity contribution < 1.29 is 19.3 Å². The largest absolute Gasteiger partial charge is 0.489 e. The van der Waals surface area contributed by atoms with Crippen LogP contribution in [-0.4, -0.2) is 21.3 Å². The summed E-state index contributed by atoms with van der Waals surface area (Å²) < 4.78 is 10.4. The Morgan fingerprint density at radius 2 is 1.92 bits per heavy atom. The van der Waals surface area contributed by atoms with Crippen LogP contribution in [0.4, 0.5) is 0 Å². The van der Waals surface area contributed by atoms with Crippen molar-refractivity contribution in [3.8, 4) is 0 Å². The predicted octanol–water partition coefficient (Wildman–Crippen LogP) is -2.14. The minimum atomic E-state index is -4.28. The van der Waals surface area contributed by atoms with Gasteiger partial charge in [0.2, 0.25) is 0 Å². The lowest BCUT2D eigenvalue weighted by Crippen LogP contribution is -2.88. The molecule has 0 aliphatic heterocycles. The molecule has 0 spiro atoms. The zero-order valence-corrected chi connectivity index (χ0v) is 8.22. The summed E-state index contributed by atoms with van der Waals surface area (Å²) in [6.07, 6.45) is 0. The van der Waals surface area contributed by atoms with Crippen LogP contribution >= 0.6 is 7.75 Å². The van der Waals surface area contributed by atoms with Gasteiger partial charge in [0.25, 0.3) is 0 Å². The molecule has 0 saturated heterocycles. The van der Waals surface area contributed by atoms with E-state index in [0.717, 1.165) is 0 Å². The molecule has 0 radical (unpaired) electrons. The molecule has 0 rings (SSSR count). The van der Waals surface area contributed by atoms with Gasteiger partial charge >= 0.3 is 13.7 Å². The van der Waals surface area contributed by atoms with E-state index in [9.17, 15) is 4.57 Å². The highest BCUT2D eigenvalue weighted by Gasteiger charge is 2.21. The molecule has 6 nitrogen and oxygen atoms in total. The molecule has 0 bridgehead atoms. The Hall–Kier alpha value is -0.580. The highest BCUT2D eigenvalue weighted by atomic mass is 31.2. The van der Waals surface area contributed by atoms with Crippen LogP contribution in [0.1, 0.15) is 20.8 Å². The van der Waals surface area contributed by atoms with Crippen molar-refractivity contribution in [2.45, 2.75) is 26.3 Å². The van der Waals surface area contributed by atoms with Crippen molar-refractivity contribution in [3.05, 3.63) is 0 Å². The van der Waals surface area contributed by atoms with Crippen LogP contribution in [0.2, 0.25) is 0 Å². The minimum absolute atomic E-state index is 0.129. The molecule has 0 aromatic heterocycles. The van der Waals surface area contributed by atoms with Crippen molar-refractivity contribution >= 4 is 13.7 Å². The predicted molar refractivity (Wildman–Crippen MR) is 45.1 cm³/mol. The van der Waals surface area contributed by atoms with Crippen molar-refractivity contribution in [1.29, 1.82) is 0 Å². The summed E-state index contributed by atoms with van der Waals surface area (Å²) in [5, 5.41) is 1.83. The first-order chi connectivity index (χ1) is 5.10. The average molecular weight is 196 g/mol. The SMILES string of the molecule is CC(C)(C)[NH+]=C(N)NP(=O)(O)O. The van der Waals surface area contributed by atoms with Crippen LogP contribution in [0.25, 0.3) is 0 Å². The number of hydrogen-bond acceptors (Lipinski definition) is 1. The lowest BCUT2D eigenvalue weighted by atomic mass is 10.1. The van der Waals surface area contributed by atoms with E-state index in [1.165, 1.54) is 0 Å². The summed E-state index contributed by atoms with van der Waals surface area (Å²) in [6.45, 7) is 5.46. The summed E-state index contributed by atoms with van der Waals surface area (Å²) in [4.78, 5) is 19.6. The quantitative estimate of drug-likeness (QED) is 0.187. The molecule has 0 aromatic rings. The molecule has 0 fully saturated rings. The fourth-order valence-corrected chi connectivity index (χ4v) is 0.959. The Morgan fingerprint density at radius 3 is 2.17 bits per heavy atom. The lowest BCUT2D eigenvalue weighted by Gasteiger charge is -2.11. The van der Waals surface area contributed by atoms with Gasteiger partial charge in [-0.15, -0.1) is 0 Å². The van der Waals surface area contributed by atoms with Gasteiger partial charge in [-0.1, -0.05) is 0 Å². The zero-order chi connectivity index (χ0) is 9.99. The van der Waals surface area contributed by atoms with Crippen LogP contribution in [0.3, 0.4) is 0 Å². The van der Waals surface area contributed by atoms with Gasteiger partial charge in [-0.25, -0.2) is 4.57 Å². The normalized spacial score (nSPS) is 14.6. The number of nitrogens with two attached hydrogens (primary N) is 1. The maximum absolute atomic E-state index is 10.4. The summed E-state index contributed by atoms with van der Waals surface area (Å²) in [5.74, 6) is -0.129. The van der Waals surface area contributed by atoms with Gasteiger partial charge in [0.05, 0.1) is 5.54 Å². The maximum atomic E-state index is 10.4. The van der Waals surface area contributed by atoms with Crippen LogP contribution in [0.15, 0.2) is 0 Å². The molecule has 0 atom stereocenters. The second-order valence-corrected chi connectivity index (χ2v) is 4.76. The van der Waals surface area contributed by atoms with E-state index in [-0.39, 0.29) is 11.5 Å². The Morgan fingerprint density at radius 1 is 1.50 bits per heavy atom. The number of rotatable bonds is 1. The minimum Gasteiger partial charge on any atom is -0.296 e. The molecule has 0 amide bonds. The molecule has 72 valence electrons. The Kier molecular flexibility index (Phi) is 3.26. The lowest BCUT2D eigenvalue weighted by molar-refractivity contribution is -0.541. The fourth-order valence-electron chi connectivity index (χ4n) is 0.589. The van der Waals surface area contributed by atoms with E-state index in [0.29, 0.717) is 0 Å². The van der Waals surface area contributed by atoms with Gasteiger partial charge in [-0.3, -0.25) is 20.5 Å².